The largest absolute Gasteiger partial charge is 0.456 e. The minimum absolute atomic E-state index is 0.0683. The second kappa shape index (κ2) is 5.94. The summed E-state index contributed by atoms with van der Waals surface area (Å²) in [5, 5.41) is 19.7. The van der Waals surface area contributed by atoms with Crippen molar-refractivity contribution in [1.82, 2.24) is 0 Å². The molecular weight excluding hydrogens is 336 g/mol. The topological polar surface area (TPSA) is 76.2 Å². The molecule has 0 fully saturated rings. The van der Waals surface area contributed by atoms with E-state index < -0.39 is 4.92 Å². The van der Waals surface area contributed by atoms with Gasteiger partial charge in [0.05, 0.1) is 21.0 Å². The van der Waals surface area contributed by atoms with E-state index in [0.29, 0.717) is 32.7 Å². The fourth-order valence-electron chi connectivity index (χ4n) is 1.85. The normalized spacial score (nSPS) is 10.0. The Bertz CT molecular complexity index is 766. The highest BCUT2D eigenvalue weighted by Crippen LogP contribution is 2.34. The van der Waals surface area contributed by atoms with Crippen LogP contribution in [0.25, 0.3) is 0 Å². The third-order valence-corrected chi connectivity index (χ3v) is 3.59. The number of nitro groups is 1. The molecule has 0 aliphatic rings. The fourth-order valence-corrected chi connectivity index (χ4v) is 2.31. The number of nitrogens with zero attached hydrogens (tertiary/aromatic N) is 2. The third kappa shape index (κ3) is 3.20. The third-order valence-electron chi connectivity index (χ3n) is 2.97. The Labute approximate surface area is 130 Å². The number of halogens is 1. The van der Waals surface area contributed by atoms with Crippen molar-refractivity contribution in [3.05, 3.63) is 61.6 Å². The van der Waals surface area contributed by atoms with Gasteiger partial charge in [-0.1, -0.05) is 0 Å². The van der Waals surface area contributed by atoms with Gasteiger partial charge in [-0.05, 0) is 59.6 Å². The van der Waals surface area contributed by atoms with E-state index >= 15 is 0 Å². The monoisotopic (exact) mass is 346 g/mol. The molecule has 0 amide bonds. The minimum Gasteiger partial charge on any atom is -0.456 e. The first-order valence-corrected chi connectivity index (χ1v) is 6.85. The molecule has 2 aromatic carbocycles. The van der Waals surface area contributed by atoms with Gasteiger partial charge in [-0.3, -0.25) is 10.1 Å². The Morgan fingerprint density at radius 2 is 1.90 bits per heavy atom. The number of aryl methyl sites for hydroxylation is 2. The minimum atomic E-state index is -0.413. The quantitative estimate of drug-likeness (QED) is 0.599. The Morgan fingerprint density at radius 1 is 1.19 bits per heavy atom. The molecule has 0 spiro atoms. The second-order valence-corrected chi connectivity index (χ2v) is 5.37. The Kier molecular flexibility index (Phi) is 4.24. The molecule has 21 heavy (non-hydrogen) atoms. The van der Waals surface area contributed by atoms with Crippen LogP contribution in [0.4, 0.5) is 5.69 Å². The number of nitro benzene ring substituents is 1. The van der Waals surface area contributed by atoms with Crippen LogP contribution in [-0.4, -0.2) is 4.92 Å². The molecule has 0 saturated heterocycles. The maximum atomic E-state index is 10.9. The molecule has 0 aliphatic heterocycles. The average Bonchev–Trinajstić information content (AvgIpc) is 2.44. The molecule has 2 aromatic rings. The summed E-state index contributed by atoms with van der Waals surface area (Å²) in [5.74, 6) is 1.09. The molecule has 0 radical (unpaired) electrons. The van der Waals surface area contributed by atoms with Gasteiger partial charge in [0.2, 0.25) is 0 Å². The van der Waals surface area contributed by atoms with Crippen LogP contribution in [0.5, 0.6) is 11.5 Å². The van der Waals surface area contributed by atoms with Crippen molar-refractivity contribution in [1.29, 1.82) is 5.26 Å². The molecule has 0 N–H and O–H groups in total. The van der Waals surface area contributed by atoms with E-state index in [-0.39, 0.29) is 5.69 Å². The zero-order valence-electron chi connectivity index (χ0n) is 11.4. The Balaban J connectivity index is 2.39. The molecule has 0 saturated carbocycles. The van der Waals surface area contributed by atoms with Gasteiger partial charge in [0.15, 0.2) is 0 Å². The summed E-state index contributed by atoms with van der Waals surface area (Å²) in [4.78, 5) is 10.5. The van der Waals surface area contributed by atoms with E-state index in [2.05, 4.69) is 15.9 Å². The first-order valence-electron chi connectivity index (χ1n) is 6.05. The van der Waals surface area contributed by atoms with Gasteiger partial charge >= 0.3 is 0 Å². The number of ether oxygens (including phenoxy) is 1. The second-order valence-electron chi connectivity index (χ2n) is 4.52. The highest BCUT2D eigenvalue weighted by Gasteiger charge is 2.15. The molecule has 0 aromatic heterocycles. The lowest BCUT2D eigenvalue weighted by Crippen LogP contribution is -1.95. The van der Waals surface area contributed by atoms with Crippen LogP contribution in [-0.2, 0) is 0 Å². The summed E-state index contributed by atoms with van der Waals surface area (Å²) in [7, 11) is 0. The van der Waals surface area contributed by atoms with Crippen molar-refractivity contribution in [2.75, 3.05) is 0 Å². The van der Waals surface area contributed by atoms with Crippen molar-refractivity contribution < 1.29 is 9.66 Å². The average molecular weight is 347 g/mol. The van der Waals surface area contributed by atoms with Crippen molar-refractivity contribution in [3.8, 4) is 17.6 Å². The zero-order chi connectivity index (χ0) is 15.6. The van der Waals surface area contributed by atoms with Crippen molar-refractivity contribution in [2.45, 2.75) is 13.8 Å². The van der Waals surface area contributed by atoms with Crippen molar-refractivity contribution in [3.63, 3.8) is 0 Å². The summed E-state index contributed by atoms with van der Waals surface area (Å²) in [6.45, 7) is 3.41. The first-order chi connectivity index (χ1) is 9.92. The zero-order valence-corrected chi connectivity index (χ0v) is 13.0. The molecule has 2 rings (SSSR count). The van der Waals surface area contributed by atoms with Crippen molar-refractivity contribution >= 4 is 21.6 Å². The van der Waals surface area contributed by atoms with Crippen LogP contribution in [0.1, 0.15) is 16.7 Å². The van der Waals surface area contributed by atoms with Crippen LogP contribution in [0.2, 0.25) is 0 Å². The summed E-state index contributed by atoms with van der Waals surface area (Å²) >= 11 is 3.34. The van der Waals surface area contributed by atoms with Crippen LogP contribution < -0.4 is 4.74 Å². The van der Waals surface area contributed by atoms with Gasteiger partial charge in [-0.15, -0.1) is 0 Å². The lowest BCUT2D eigenvalue weighted by atomic mass is 10.1. The van der Waals surface area contributed by atoms with Gasteiger partial charge < -0.3 is 4.74 Å². The lowest BCUT2D eigenvalue weighted by Gasteiger charge is -2.11. The van der Waals surface area contributed by atoms with Gasteiger partial charge in [0.25, 0.3) is 5.69 Å². The SMILES string of the molecule is Cc1cc([N+](=O)[O-])c(C)cc1Oc1ccc(C#N)cc1Br. The lowest BCUT2D eigenvalue weighted by molar-refractivity contribution is -0.385. The maximum absolute atomic E-state index is 10.9. The summed E-state index contributed by atoms with van der Waals surface area (Å²) < 4.78 is 6.43. The molecule has 0 atom stereocenters. The standard InChI is InChI=1S/C15H11BrN2O3/c1-9-6-15(10(2)5-13(9)18(19)20)21-14-4-3-11(8-17)7-12(14)16/h3-7H,1-2H3. The van der Waals surface area contributed by atoms with E-state index in [1.54, 1.807) is 38.1 Å². The van der Waals surface area contributed by atoms with Gasteiger partial charge in [0.1, 0.15) is 11.5 Å². The molecule has 5 nitrogen and oxygen atoms in total. The molecule has 0 bridgehead atoms. The first kappa shape index (κ1) is 15.0. The maximum Gasteiger partial charge on any atom is 0.272 e. The number of hydrogen-bond donors (Lipinski definition) is 0. The number of rotatable bonds is 3. The molecule has 6 heteroatoms. The highest BCUT2D eigenvalue weighted by atomic mass is 79.9. The van der Waals surface area contributed by atoms with E-state index in [1.807, 2.05) is 6.07 Å². The van der Waals surface area contributed by atoms with E-state index in [9.17, 15) is 10.1 Å². The molecule has 106 valence electrons. The van der Waals surface area contributed by atoms with E-state index in [0.717, 1.165) is 0 Å². The predicted molar refractivity (Wildman–Crippen MR) is 81.5 cm³/mol. The molecule has 0 heterocycles. The molecule has 0 aliphatic carbocycles. The number of benzene rings is 2. The smallest absolute Gasteiger partial charge is 0.272 e. The molecule has 0 unspecified atom stereocenters. The van der Waals surface area contributed by atoms with Crippen LogP contribution in [0.3, 0.4) is 0 Å². The Morgan fingerprint density at radius 3 is 2.48 bits per heavy atom. The van der Waals surface area contributed by atoms with Gasteiger partial charge in [-0.25, -0.2) is 0 Å². The van der Waals surface area contributed by atoms with Crippen LogP contribution in [0, 0.1) is 35.3 Å². The van der Waals surface area contributed by atoms with Crippen molar-refractivity contribution in [2.24, 2.45) is 0 Å². The summed E-state index contributed by atoms with van der Waals surface area (Å²) in [6, 6.07) is 10.1. The highest BCUT2D eigenvalue weighted by molar-refractivity contribution is 9.10. The van der Waals surface area contributed by atoms with Crippen LogP contribution >= 0.6 is 15.9 Å². The van der Waals surface area contributed by atoms with Gasteiger partial charge in [-0.2, -0.15) is 5.26 Å². The number of hydrogen-bond acceptors (Lipinski definition) is 4. The van der Waals surface area contributed by atoms with E-state index in [4.69, 9.17) is 10.00 Å². The predicted octanol–water partition coefficient (Wildman–Crippen LogP) is 4.64. The summed E-state index contributed by atoms with van der Waals surface area (Å²) in [6.07, 6.45) is 0. The number of nitriles is 1. The van der Waals surface area contributed by atoms with Gasteiger partial charge in [0, 0.05) is 11.6 Å². The molecular formula is C15H11BrN2O3. The van der Waals surface area contributed by atoms with Crippen LogP contribution in [0.15, 0.2) is 34.8 Å². The fraction of sp³-hybridized carbons (Fsp3) is 0.133. The summed E-state index contributed by atoms with van der Waals surface area (Å²) in [5.41, 5.74) is 1.79. The Hall–Kier alpha value is -2.39. The van der Waals surface area contributed by atoms with E-state index in [1.165, 1.54) is 6.07 Å².